The third-order valence-corrected chi connectivity index (χ3v) is 3.26. The molecule has 1 atom stereocenters. The second kappa shape index (κ2) is 3.14. The van der Waals surface area contributed by atoms with Gasteiger partial charge in [-0.3, -0.25) is 0 Å². The molecular weight excluding hydrogens is 162 g/mol. The molecule has 0 aromatic carbocycles. The third kappa shape index (κ3) is 1.37. The van der Waals surface area contributed by atoms with Crippen LogP contribution in [0.4, 0.5) is 0 Å². The molecule has 72 valence electrons. The molecule has 13 heavy (non-hydrogen) atoms. The molecule has 1 aliphatic carbocycles. The molecule has 1 heterocycles. The number of hydrogen-bond donors (Lipinski definition) is 1. The minimum Gasteiger partial charge on any atom is -0.334 e. The van der Waals surface area contributed by atoms with Gasteiger partial charge in [0.15, 0.2) is 0 Å². The van der Waals surface area contributed by atoms with Crippen molar-refractivity contribution in [2.24, 2.45) is 18.7 Å². The maximum atomic E-state index is 6.15. The van der Waals surface area contributed by atoms with Gasteiger partial charge in [-0.05, 0) is 25.7 Å². The molecule has 1 aliphatic rings. The monoisotopic (exact) mass is 179 g/mol. The Morgan fingerprint density at radius 3 is 2.69 bits per heavy atom. The van der Waals surface area contributed by atoms with Crippen LogP contribution in [0.15, 0.2) is 6.20 Å². The first-order chi connectivity index (χ1) is 6.20. The van der Waals surface area contributed by atoms with E-state index in [4.69, 9.17) is 5.73 Å². The summed E-state index contributed by atoms with van der Waals surface area (Å²) < 4.78 is 2.10. The molecule has 0 saturated heterocycles. The summed E-state index contributed by atoms with van der Waals surface area (Å²) in [4.78, 5) is 4.26. The molecule has 0 aliphatic heterocycles. The Labute approximate surface area is 79.0 Å². The summed E-state index contributed by atoms with van der Waals surface area (Å²) in [5.41, 5.74) is 7.34. The van der Waals surface area contributed by atoms with Crippen LogP contribution < -0.4 is 5.73 Å². The molecule has 1 saturated carbocycles. The lowest BCUT2D eigenvalue weighted by Gasteiger charge is -2.31. The van der Waals surface area contributed by atoms with E-state index in [1.165, 1.54) is 25.0 Å². The van der Waals surface area contributed by atoms with E-state index in [1.54, 1.807) is 0 Å². The fourth-order valence-electron chi connectivity index (χ4n) is 1.87. The van der Waals surface area contributed by atoms with Crippen molar-refractivity contribution in [3.63, 3.8) is 0 Å². The highest BCUT2D eigenvalue weighted by Gasteiger charge is 2.27. The Morgan fingerprint density at radius 2 is 2.31 bits per heavy atom. The largest absolute Gasteiger partial charge is 0.334 e. The fourth-order valence-corrected chi connectivity index (χ4v) is 1.87. The summed E-state index contributed by atoms with van der Waals surface area (Å²) in [7, 11) is 2.04. The van der Waals surface area contributed by atoms with Crippen molar-refractivity contribution in [3.8, 4) is 0 Å². The molecule has 0 radical (unpaired) electrons. The first kappa shape index (κ1) is 8.75. The van der Waals surface area contributed by atoms with E-state index in [0.717, 1.165) is 5.82 Å². The summed E-state index contributed by atoms with van der Waals surface area (Å²) in [5, 5.41) is 0. The highest BCUT2D eigenvalue weighted by Crippen LogP contribution is 2.35. The lowest BCUT2D eigenvalue weighted by Crippen LogP contribution is -2.28. The number of rotatable bonds is 2. The van der Waals surface area contributed by atoms with Crippen molar-refractivity contribution in [2.75, 3.05) is 0 Å². The molecule has 1 fully saturated rings. The number of nitrogens with zero attached hydrogens (tertiary/aromatic N) is 2. The van der Waals surface area contributed by atoms with E-state index in [2.05, 4.69) is 9.55 Å². The van der Waals surface area contributed by atoms with Crippen LogP contribution in [-0.2, 0) is 7.05 Å². The number of imidazole rings is 1. The zero-order valence-corrected chi connectivity index (χ0v) is 8.33. The molecule has 2 N–H and O–H groups in total. The molecule has 1 aromatic rings. The molecular formula is C10H17N3. The summed E-state index contributed by atoms with van der Waals surface area (Å²) in [5.74, 6) is 1.74. The average molecular weight is 179 g/mol. The van der Waals surface area contributed by atoms with Crippen molar-refractivity contribution in [3.05, 3.63) is 17.7 Å². The molecule has 3 nitrogen and oxygen atoms in total. The Balaban J connectivity index is 2.18. The van der Waals surface area contributed by atoms with Gasteiger partial charge in [-0.1, -0.05) is 6.42 Å². The van der Waals surface area contributed by atoms with Gasteiger partial charge >= 0.3 is 0 Å². The average Bonchev–Trinajstić information content (AvgIpc) is 2.29. The second-order valence-electron chi connectivity index (χ2n) is 4.01. The van der Waals surface area contributed by atoms with Gasteiger partial charge in [-0.15, -0.1) is 0 Å². The first-order valence-electron chi connectivity index (χ1n) is 4.94. The van der Waals surface area contributed by atoms with Gasteiger partial charge in [0.2, 0.25) is 0 Å². The highest BCUT2D eigenvalue weighted by molar-refractivity contribution is 5.10. The van der Waals surface area contributed by atoms with Gasteiger partial charge in [0, 0.05) is 13.1 Å². The maximum absolute atomic E-state index is 6.15. The SMILES string of the molecule is Cc1ncc(C(N)C2CCC2)n1C. The van der Waals surface area contributed by atoms with Gasteiger partial charge in [0.05, 0.1) is 11.9 Å². The van der Waals surface area contributed by atoms with Crippen molar-refractivity contribution < 1.29 is 0 Å². The van der Waals surface area contributed by atoms with E-state index >= 15 is 0 Å². The number of aryl methyl sites for hydroxylation is 1. The van der Waals surface area contributed by atoms with E-state index in [1.807, 2.05) is 20.2 Å². The zero-order valence-electron chi connectivity index (χ0n) is 8.33. The van der Waals surface area contributed by atoms with Gasteiger partial charge in [-0.2, -0.15) is 0 Å². The predicted octanol–water partition coefficient (Wildman–Crippen LogP) is 1.53. The smallest absolute Gasteiger partial charge is 0.105 e. The Hall–Kier alpha value is -0.830. The Morgan fingerprint density at radius 1 is 1.62 bits per heavy atom. The van der Waals surface area contributed by atoms with E-state index in [9.17, 15) is 0 Å². The van der Waals surface area contributed by atoms with Crippen molar-refractivity contribution >= 4 is 0 Å². The van der Waals surface area contributed by atoms with Crippen LogP contribution >= 0.6 is 0 Å². The molecule has 3 heteroatoms. The highest BCUT2D eigenvalue weighted by atomic mass is 15.1. The zero-order chi connectivity index (χ0) is 9.42. The molecule has 0 amide bonds. The molecule has 0 bridgehead atoms. The van der Waals surface area contributed by atoms with Gasteiger partial charge in [0.1, 0.15) is 5.82 Å². The summed E-state index contributed by atoms with van der Waals surface area (Å²) in [6.07, 6.45) is 5.82. The molecule has 0 spiro atoms. The van der Waals surface area contributed by atoms with E-state index in [-0.39, 0.29) is 6.04 Å². The van der Waals surface area contributed by atoms with Gasteiger partial charge < -0.3 is 10.3 Å². The lowest BCUT2D eigenvalue weighted by molar-refractivity contribution is 0.258. The minimum atomic E-state index is 0.194. The molecule has 1 aromatic heterocycles. The fraction of sp³-hybridized carbons (Fsp3) is 0.700. The van der Waals surface area contributed by atoms with E-state index in [0.29, 0.717) is 5.92 Å². The van der Waals surface area contributed by atoms with Crippen LogP contribution in [0.1, 0.15) is 36.8 Å². The van der Waals surface area contributed by atoms with Gasteiger partial charge in [-0.25, -0.2) is 4.98 Å². The van der Waals surface area contributed by atoms with Crippen LogP contribution in [-0.4, -0.2) is 9.55 Å². The van der Waals surface area contributed by atoms with E-state index < -0.39 is 0 Å². The van der Waals surface area contributed by atoms with Crippen molar-refractivity contribution in [1.82, 2.24) is 9.55 Å². The number of aromatic nitrogens is 2. The lowest BCUT2D eigenvalue weighted by atomic mass is 9.79. The minimum absolute atomic E-state index is 0.194. The molecule has 2 rings (SSSR count). The van der Waals surface area contributed by atoms with Crippen LogP contribution in [0.25, 0.3) is 0 Å². The van der Waals surface area contributed by atoms with Crippen LogP contribution in [0.3, 0.4) is 0 Å². The second-order valence-corrected chi connectivity index (χ2v) is 4.01. The maximum Gasteiger partial charge on any atom is 0.105 e. The van der Waals surface area contributed by atoms with Crippen molar-refractivity contribution in [1.29, 1.82) is 0 Å². The normalized spacial score (nSPS) is 19.9. The summed E-state index contributed by atoms with van der Waals surface area (Å²) >= 11 is 0. The van der Waals surface area contributed by atoms with Crippen molar-refractivity contribution in [2.45, 2.75) is 32.2 Å². The Kier molecular flexibility index (Phi) is 2.12. The quantitative estimate of drug-likeness (QED) is 0.748. The topological polar surface area (TPSA) is 43.8 Å². The number of hydrogen-bond acceptors (Lipinski definition) is 2. The van der Waals surface area contributed by atoms with Gasteiger partial charge in [0.25, 0.3) is 0 Å². The van der Waals surface area contributed by atoms with Crippen LogP contribution in [0, 0.1) is 12.8 Å². The number of nitrogens with two attached hydrogens (primary N) is 1. The molecule has 1 unspecified atom stereocenters. The van der Waals surface area contributed by atoms with Crippen LogP contribution in [0.2, 0.25) is 0 Å². The standard InChI is InChI=1S/C10H17N3/c1-7-12-6-9(13(7)2)10(11)8-4-3-5-8/h6,8,10H,3-5,11H2,1-2H3. The summed E-state index contributed by atoms with van der Waals surface area (Å²) in [6.45, 7) is 2.01. The first-order valence-corrected chi connectivity index (χ1v) is 4.94. The predicted molar refractivity (Wildman–Crippen MR) is 52.2 cm³/mol. The summed E-state index contributed by atoms with van der Waals surface area (Å²) in [6, 6.07) is 0.194. The Bertz CT molecular complexity index is 299. The third-order valence-electron chi connectivity index (χ3n) is 3.26. The van der Waals surface area contributed by atoms with Crippen LogP contribution in [0.5, 0.6) is 0 Å².